The molecule has 0 fully saturated rings. The van der Waals surface area contributed by atoms with Crippen LogP contribution in [0.25, 0.3) is 11.0 Å². The number of imidazole rings is 1. The third kappa shape index (κ3) is 3.79. The van der Waals surface area contributed by atoms with Crippen LogP contribution in [0.15, 0.2) is 30.6 Å². The van der Waals surface area contributed by atoms with Crippen molar-refractivity contribution < 1.29 is 9.53 Å². The van der Waals surface area contributed by atoms with Gasteiger partial charge < -0.3 is 14.6 Å². The van der Waals surface area contributed by atoms with Gasteiger partial charge in [0.25, 0.3) is 0 Å². The fourth-order valence-corrected chi connectivity index (χ4v) is 1.94. The van der Waals surface area contributed by atoms with Gasteiger partial charge in [-0.25, -0.2) is 4.98 Å². The number of aromatic nitrogens is 2. The summed E-state index contributed by atoms with van der Waals surface area (Å²) in [6.07, 6.45) is 3.09. The van der Waals surface area contributed by atoms with E-state index in [9.17, 15) is 4.79 Å². The van der Waals surface area contributed by atoms with Crippen molar-refractivity contribution in [3.05, 3.63) is 30.6 Å². The molecule has 5 heteroatoms. The number of carbonyl (C=O) groups excluding carboxylic acids is 1. The summed E-state index contributed by atoms with van der Waals surface area (Å²) >= 11 is 0. The summed E-state index contributed by atoms with van der Waals surface area (Å²) in [7, 11) is 1.66. The van der Waals surface area contributed by atoms with Gasteiger partial charge in [0.15, 0.2) is 0 Å². The molecule has 102 valence electrons. The number of hydrogen-bond acceptors (Lipinski definition) is 3. The number of para-hydroxylation sites is 2. The third-order valence-electron chi connectivity index (χ3n) is 2.95. The first-order chi connectivity index (χ1) is 9.31. The summed E-state index contributed by atoms with van der Waals surface area (Å²) < 4.78 is 6.93. The van der Waals surface area contributed by atoms with E-state index < -0.39 is 0 Å². The predicted octanol–water partition coefficient (Wildman–Crippen LogP) is 1.58. The number of benzene rings is 1. The Bertz CT molecular complexity index is 536. The van der Waals surface area contributed by atoms with E-state index >= 15 is 0 Å². The number of methoxy groups -OCH3 is 1. The Morgan fingerprint density at radius 2 is 2.26 bits per heavy atom. The highest BCUT2D eigenvalue weighted by Crippen LogP contribution is 2.11. The van der Waals surface area contributed by atoms with Crippen molar-refractivity contribution in [3.8, 4) is 0 Å². The van der Waals surface area contributed by atoms with E-state index in [2.05, 4.69) is 10.3 Å². The van der Waals surface area contributed by atoms with E-state index in [0.29, 0.717) is 26.1 Å². The lowest BCUT2D eigenvalue weighted by atomic mass is 10.3. The Balaban J connectivity index is 1.80. The average Bonchev–Trinajstić information content (AvgIpc) is 2.85. The molecule has 0 atom stereocenters. The van der Waals surface area contributed by atoms with Crippen molar-refractivity contribution in [2.75, 3.05) is 20.3 Å². The fraction of sp³-hybridized carbons (Fsp3) is 0.429. The van der Waals surface area contributed by atoms with E-state index in [1.165, 1.54) is 0 Å². The Hall–Kier alpha value is -1.88. The molecule has 0 spiro atoms. The quantitative estimate of drug-likeness (QED) is 0.770. The summed E-state index contributed by atoms with van der Waals surface area (Å²) in [5.74, 6) is 0.0638. The Morgan fingerprint density at radius 3 is 3.11 bits per heavy atom. The van der Waals surface area contributed by atoms with Crippen molar-refractivity contribution in [2.24, 2.45) is 0 Å². The molecule has 2 aromatic rings. The van der Waals surface area contributed by atoms with Crippen LogP contribution in [0, 0.1) is 0 Å². The van der Waals surface area contributed by atoms with Gasteiger partial charge in [-0.3, -0.25) is 4.79 Å². The molecule has 0 saturated carbocycles. The number of fused-ring (bicyclic) bond motifs is 1. The van der Waals surface area contributed by atoms with Gasteiger partial charge in [-0.15, -0.1) is 0 Å². The van der Waals surface area contributed by atoms with Crippen molar-refractivity contribution in [3.63, 3.8) is 0 Å². The minimum Gasteiger partial charge on any atom is -0.385 e. The SMILES string of the molecule is COCCCNC(=O)CCn1cnc2ccccc21. The third-order valence-corrected chi connectivity index (χ3v) is 2.95. The lowest BCUT2D eigenvalue weighted by Gasteiger charge is -2.06. The van der Waals surface area contributed by atoms with Crippen LogP contribution in [0.2, 0.25) is 0 Å². The number of amides is 1. The number of nitrogens with one attached hydrogen (secondary N) is 1. The molecule has 0 aliphatic heterocycles. The number of hydrogen-bond donors (Lipinski definition) is 1. The molecule has 0 aliphatic rings. The first-order valence-corrected chi connectivity index (χ1v) is 6.47. The highest BCUT2D eigenvalue weighted by atomic mass is 16.5. The zero-order valence-corrected chi connectivity index (χ0v) is 11.1. The maximum Gasteiger partial charge on any atom is 0.221 e. The molecule has 19 heavy (non-hydrogen) atoms. The molecule has 1 amide bonds. The average molecular weight is 261 g/mol. The Morgan fingerprint density at radius 1 is 1.42 bits per heavy atom. The number of rotatable bonds is 7. The molecule has 2 rings (SSSR count). The topological polar surface area (TPSA) is 56.1 Å². The van der Waals surface area contributed by atoms with Crippen molar-refractivity contribution in [2.45, 2.75) is 19.4 Å². The molecular formula is C14H19N3O2. The number of carbonyl (C=O) groups is 1. The predicted molar refractivity (Wildman–Crippen MR) is 73.9 cm³/mol. The monoisotopic (exact) mass is 261 g/mol. The molecule has 1 aromatic carbocycles. The van der Waals surface area contributed by atoms with Gasteiger partial charge in [-0.1, -0.05) is 12.1 Å². The zero-order valence-electron chi connectivity index (χ0n) is 11.1. The summed E-state index contributed by atoms with van der Waals surface area (Å²) in [6.45, 7) is 1.99. The summed E-state index contributed by atoms with van der Waals surface area (Å²) in [6, 6.07) is 7.92. The summed E-state index contributed by atoms with van der Waals surface area (Å²) in [5.41, 5.74) is 2.03. The standard InChI is InChI=1S/C14H19N3O2/c1-19-10-4-8-15-14(18)7-9-17-11-16-12-5-2-3-6-13(12)17/h2-3,5-6,11H,4,7-10H2,1H3,(H,15,18). The molecule has 0 bridgehead atoms. The van der Waals surface area contributed by atoms with Crippen LogP contribution in [-0.4, -0.2) is 35.7 Å². The summed E-state index contributed by atoms with van der Waals surface area (Å²) in [5, 5.41) is 2.88. The highest BCUT2D eigenvalue weighted by Gasteiger charge is 2.04. The van der Waals surface area contributed by atoms with Crippen LogP contribution >= 0.6 is 0 Å². The van der Waals surface area contributed by atoms with Crippen LogP contribution in [0.3, 0.4) is 0 Å². The molecule has 1 heterocycles. The maximum absolute atomic E-state index is 11.7. The molecule has 0 saturated heterocycles. The van der Waals surface area contributed by atoms with Gasteiger partial charge in [0, 0.05) is 33.2 Å². The molecular weight excluding hydrogens is 242 g/mol. The molecule has 5 nitrogen and oxygen atoms in total. The minimum absolute atomic E-state index is 0.0638. The van der Waals surface area contributed by atoms with E-state index in [0.717, 1.165) is 17.5 Å². The Labute approximate surface area is 112 Å². The van der Waals surface area contributed by atoms with Crippen LogP contribution in [0.1, 0.15) is 12.8 Å². The second-order valence-electron chi connectivity index (χ2n) is 4.37. The fourth-order valence-electron chi connectivity index (χ4n) is 1.94. The molecule has 0 aliphatic carbocycles. The first-order valence-electron chi connectivity index (χ1n) is 6.47. The first kappa shape index (κ1) is 13.5. The largest absolute Gasteiger partial charge is 0.385 e. The molecule has 1 aromatic heterocycles. The minimum atomic E-state index is 0.0638. The maximum atomic E-state index is 11.7. The van der Waals surface area contributed by atoms with Gasteiger partial charge in [0.2, 0.25) is 5.91 Å². The smallest absolute Gasteiger partial charge is 0.221 e. The van der Waals surface area contributed by atoms with Crippen molar-refractivity contribution in [1.29, 1.82) is 0 Å². The summed E-state index contributed by atoms with van der Waals surface area (Å²) in [4.78, 5) is 15.9. The van der Waals surface area contributed by atoms with Crippen molar-refractivity contribution in [1.82, 2.24) is 14.9 Å². The number of aryl methyl sites for hydroxylation is 1. The molecule has 1 N–H and O–H groups in total. The van der Waals surface area contributed by atoms with Crippen LogP contribution in [0.5, 0.6) is 0 Å². The normalized spacial score (nSPS) is 10.8. The molecule has 0 unspecified atom stereocenters. The van der Waals surface area contributed by atoms with Gasteiger partial charge in [-0.05, 0) is 18.6 Å². The van der Waals surface area contributed by atoms with Gasteiger partial charge in [0.1, 0.15) is 0 Å². The second-order valence-corrected chi connectivity index (χ2v) is 4.37. The number of ether oxygens (including phenoxy) is 1. The second kappa shape index (κ2) is 6.89. The van der Waals surface area contributed by atoms with Gasteiger partial charge >= 0.3 is 0 Å². The van der Waals surface area contributed by atoms with E-state index in [1.54, 1.807) is 13.4 Å². The number of nitrogens with zero attached hydrogens (tertiary/aromatic N) is 2. The van der Waals surface area contributed by atoms with Crippen molar-refractivity contribution >= 4 is 16.9 Å². The van der Waals surface area contributed by atoms with E-state index in [4.69, 9.17) is 4.74 Å². The van der Waals surface area contributed by atoms with E-state index in [1.807, 2.05) is 28.8 Å². The van der Waals surface area contributed by atoms with E-state index in [-0.39, 0.29) is 5.91 Å². The Kier molecular flexibility index (Phi) is 4.92. The van der Waals surface area contributed by atoms with Crippen LogP contribution in [-0.2, 0) is 16.1 Å². The van der Waals surface area contributed by atoms with Gasteiger partial charge in [-0.2, -0.15) is 0 Å². The van der Waals surface area contributed by atoms with Gasteiger partial charge in [0.05, 0.1) is 17.4 Å². The highest BCUT2D eigenvalue weighted by molar-refractivity contribution is 5.77. The van der Waals surface area contributed by atoms with Crippen LogP contribution < -0.4 is 5.32 Å². The zero-order chi connectivity index (χ0) is 13.5. The lowest BCUT2D eigenvalue weighted by molar-refractivity contribution is -0.121. The van der Waals surface area contributed by atoms with Crippen LogP contribution in [0.4, 0.5) is 0 Å². The molecule has 0 radical (unpaired) electrons. The lowest BCUT2D eigenvalue weighted by Crippen LogP contribution is -2.26.